The van der Waals surface area contributed by atoms with Gasteiger partial charge in [0.15, 0.2) is 10.9 Å². The topological polar surface area (TPSA) is 48.5 Å². The fourth-order valence-electron chi connectivity index (χ4n) is 2.98. The van der Waals surface area contributed by atoms with Gasteiger partial charge in [0, 0.05) is 25.1 Å². The summed E-state index contributed by atoms with van der Waals surface area (Å²) in [4.78, 5) is 21.0. The second-order valence-corrected chi connectivity index (χ2v) is 7.69. The number of nitrogens with one attached hydrogen (secondary N) is 1. The van der Waals surface area contributed by atoms with Crippen molar-refractivity contribution >= 4 is 32.6 Å². The van der Waals surface area contributed by atoms with Gasteiger partial charge >= 0.3 is 0 Å². The van der Waals surface area contributed by atoms with Crippen molar-refractivity contribution in [1.29, 1.82) is 0 Å². The average molecular weight is 368 g/mol. The fourth-order valence-corrected chi connectivity index (χ4v) is 3.89. The molecule has 1 N–H and O–H groups in total. The summed E-state index contributed by atoms with van der Waals surface area (Å²) in [5.41, 5.74) is 0.0974. The van der Waals surface area contributed by atoms with E-state index in [1.807, 2.05) is 14.1 Å². The average Bonchev–Trinajstić information content (AvgIpc) is 2.96. The Labute approximate surface area is 149 Å². The summed E-state index contributed by atoms with van der Waals surface area (Å²) < 4.78 is 27.4. The Morgan fingerprint density at radius 1 is 1.36 bits per heavy atom. The molecule has 3 rings (SSSR count). The van der Waals surface area contributed by atoms with E-state index >= 15 is 0 Å². The zero-order chi connectivity index (χ0) is 18.0. The Bertz CT molecular complexity index is 756. The molecule has 0 spiro atoms. The number of benzene rings is 1. The molecule has 2 aromatic rings. The zero-order valence-corrected chi connectivity index (χ0v) is 15.2. The molecular formula is C17H22F2N4OS. The summed E-state index contributed by atoms with van der Waals surface area (Å²) >= 11 is 1.09. The van der Waals surface area contributed by atoms with E-state index in [-0.39, 0.29) is 17.3 Å². The minimum absolute atomic E-state index is 0.0656. The molecule has 1 amide bonds. The van der Waals surface area contributed by atoms with Crippen molar-refractivity contribution in [3.05, 3.63) is 23.8 Å². The van der Waals surface area contributed by atoms with Crippen molar-refractivity contribution in [2.45, 2.75) is 12.8 Å². The van der Waals surface area contributed by atoms with Crippen LogP contribution in [0.2, 0.25) is 0 Å². The Morgan fingerprint density at radius 3 is 2.76 bits per heavy atom. The van der Waals surface area contributed by atoms with Gasteiger partial charge in [-0.05, 0) is 46.1 Å². The summed E-state index contributed by atoms with van der Waals surface area (Å²) in [7, 11) is 4.10. The van der Waals surface area contributed by atoms with E-state index in [2.05, 4.69) is 20.1 Å². The largest absolute Gasteiger partial charge is 0.308 e. The van der Waals surface area contributed by atoms with Crippen LogP contribution in [0.4, 0.5) is 13.9 Å². The third-order valence-electron chi connectivity index (χ3n) is 4.47. The molecular weight excluding hydrogens is 346 g/mol. The number of rotatable bonds is 5. The monoisotopic (exact) mass is 368 g/mol. The van der Waals surface area contributed by atoms with E-state index in [0.717, 1.165) is 56.4 Å². The smallest absolute Gasteiger partial charge is 0.229 e. The van der Waals surface area contributed by atoms with Gasteiger partial charge < -0.3 is 15.1 Å². The summed E-state index contributed by atoms with van der Waals surface area (Å²) in [6.45, 7) is 3.80. The van der Waals surface area contributed by atoms with E-state index < -0.39 is 11.6 Å². The molecule has 0 bridgehead atoms. The van der Waals surface area contributed by atoms with E-state index in [9.17, 15) is 13.6 Å². The number of carbonyl (C=O) groups excluding carboxylic acids is 1. The number of likely N-dealkylation sites (tertiary alicyclic amines) is 1. The molecule has 0 radical (unpaired) electrons. The van der Waals surface area contributed by atoms with Crippen LogP contribution in [-0.2, 0) is 4.79 Å². The molecule has 1 fully saturated rings. The molecule has 25 heavy (non-hydrogen) atoms. The van der Waals surface area contributed by atoms with Gasteiger partial charge in [0.05, 0.1) is 4.70 Å². The van der Waals surface area contributed by atoms with Crippen molar-refractivity contribution in [1.82, 2.24) is 14.8 Å². The minimum atomic E-state index is -0.707. The third-order valence-corrected chi connectivity index (χ3v) is 5.38. The van der Waals surface area contributed by atoms with Crippen LogP contribution in [0, 0.1) is 17.6 Å². The Hall–Kier alpha value is -1.64. The van der Waals surface area contributed by atoms with E-state index in [4.69, 9.17) is 0 Å². The quantitative estimate of drug-likeness (QED) is 0.882. The van der Waals surface area contributed by atoms with Crippen molar-refractivity contribution < 1.29 is 13.6 Å². The second-order valence-electron chi connectivity index (χ2n) is 6.66. The number of likely N-dealkylation sites (N-methyl/N-ethyl adjacent to an activating group) is 1. The number of hydrogen-bond acceptors (Lipinski definition) is 5. The summed E-state index contributed by atoms with van der Waals surface area (Å²) in [6, 6.07) is 2.03. The molecule has 1 aromatic carbocycles. The lowest BCUT2D eigenvalue weighted by Crippen LogP contribution is -2.40. The van der Waals surface area contributed by atoms with Gasteiger partial charge in [0.2, 0.25) is 5.91 Å². The molecule has 0 unspecified atom stereocenters. The van der Waals surface area contributed by atoms with E-state index in [1.165, 1.54) is 6.07 Å². The van der Waals surface area contributed by atoms with Crippen molar-refractivity contribution in [2.24, 2.45) is 5.92 Å². The lowest BCUT2D eigenvalue weighted by atomic mass is 9.96. The Kier molecular flexibility index (Phi) is 5.61. The summed E-state index contributed by atoms with van der Waals surface area (Å²) in [5.74, 6) is -1.51. The van der Waals surface area contributed by atoms with Gasteiger partial charge in [0.1, 0.15) is 11.3 Å². The van der Waals surface area contributed by atoms with Gasteiger partial charge in [-0.2, -0.15) is 0 Å². The predicted molar refractivity (Wildman–Crippen MR) is 95.9 cm³/mol. The molecule has 2 heterocycles. The minimum Gasteiger partial charge on any atom is -0.308 e. The van der Waals surface area contributed by atoms with Gasteiger partial charge in [-0.15, -0.1) is 0 Å². The molecule has 0 aliphatic carbocycles. The molecule has 0 atom stereocenters. The van der Waals surface area contributed by atoms with E-state index in [0.29, 0.717) is 9.83 Å². The molecule has 1 aliphatic rings. The fraction of sp³-hybridized carbons (Fsp3) is 0.529. The van der Waals surface area contributed by atoms with Crippen LogP contribution in [-0.4, -0.2) is 61.0 Å². The number of hydrogen-bond donors (Lipinski definition) is 1. The number of amides is 1. The molecule has 1 saturated heterocycles. The normalized spacial score (nSPS) is 16.7. The Morgan fingerprint density at radius 2 is 2.08 bits per heavy atom. The van der Waals surface area contributed by atoms with Gasteiger partial charge in [-0.3, -0.25) is 4.79 Å². The third kappa shape index (κ3) is 4.50. The summed E-state index contributed by atoms with van der Waals surface area (Å²) in [5, 5.41) is 3.08. The highest BCUT2D eigenvalue weighted by molar-refractivity contribution is 7.22. The number of thiazole rings is 1. The number of halogens is 2. The molecule has 1 aliphatic heterocycles. The van der Waals surface area contributed by atoms with Crippen LogP contribution < -0.4 is 5.32 Å². The van der Waals surface area contributed by atoms with Crippen LogP contribution >= 0.6 is 11.3 Å². The summed E-state index contributed by atoms with van der Waals surface area (Å²) in [6.07, 6.45) is 1.60. The number of nitrogens with zero attached hydrogens (tertiary/aromatic N) is 3. The molecule has 0 saturated carbocycles. The van der Waals surface area contributed by atoms with Gasteiger partial charge in [-0.1, -0.05) is 11.3 Å². The Balaban J connectivity index is 1.57. The van der Waals surface area contributed by atoms with Crippen LogP contribution in [0.25, 0.3) is 10.2 Å². The number of fused-ring (bicyclic) bond motifs is 1. The molecule has 8 heteroatoms. The standard InChI is InChI=1S/C17H22F2N4OS/c1-22(2)7-8-23-5-3-11(4-6-23)16(24)21-17-20-15-13(19)9-12(18)10-14(15)25-17/h9-11H,3-8H2,1-2H3,(H,20,21,24). The highest BCUT2D eigenvalue weighted by atomic mass is 32.1. The number of piperidine rings is 1. The number of anilines is 1. The first kappa shape index (κ1) is 18.2. The SMILES string of the molecule is CN(C)CCN1CCC(C(=O)Nc2nc3c(F)cc(F)cc3s2)CC1. The molecule has 5 nitrogen and oxygen atoms in total. The van der Waals surface area contributed by atoms with Gasteiger partial charge in [-0.25, -0.2) is 13.8 Å². The maximum Gasteiger partial charge on any atom is 0.229 e. The lowest BCUT2D eigenvalue weighted by Gasteiger charge is -2.31. The van der Waals surface area contributed by atoms with Crippen molar-refractivity contribution in [3.8, 4) is 0 Å². The van der Waals surface area contributed by atoms with Gasteiger partial charge in [0.25, 0.3) is 0 Å². The highest BCUT2D eigenvalue weighted by Crippen LogP contribution is 2.29. The number of carbonyl (C=O) groups is 1. The van der Waals surface area contributed by atoms with Crippen LogP contribution in [0.15, 0.2) is 12.1 Å². The first-order chi connectivity index (χ1) is 11.9. The van der Waals surface area contributed by atoms with Crippen molar-refractivity contribution in [3.63, 3.8) is 0 Å². The molecule has 1 aromatic heterocycles. The number of aromatic nitrogens is 1. The lowest BCUT2D eigenvalue weighted by molar-refractivity contribution is -0.121. The van der Waals surface area contributed by atoms with E-state index in [1.54, 1.807) is 0 Å². The zero-order valence-electron chi connectivity index (χ0n) is 14.4. The van der Waals surface area contributed by atoms with Crippen LogP contribution in [0.3, 0.4) is 0 Å². The molecule has 136 valence electrons. The first-order valence-corrected chi connectivity index (χ1v) is 9.17. The second kappa shape index (κ2) is 7.72. The highest BCUT2D eigenvalue weighted by Gasteiger charge is 2.25. The van der Waals surface area contributed by atoms with Crippen molar-refractivity contribution in [2.75, 3.05) is 45.6 Å². The maximum absolute atomic E-state index is 13.7. The first-order valence-electron chi connectivity index (χ1n) is 8.36. The maximum atomic E-state index is 13.7. The predicted octanol–water partition coefficient (Wildman–Crippen LogP) is 2.79. The van der Waals surface area contributed by atoms with Crippen LogP contribution in [0.5, 0.6) is 0 Å². The van der Waals surface area contributed by atoms with Crippen LogP contribution in [0.1, 0.15) is 12.8 Å².